The van der Waals surface area contributed by atoms with Gasteiger partial charge in [0.2, 0.25) is 0 Å². The van der Waals surface area contributed by atoms with Gasteiger partial charge in [-0.05, 0) is 13.8 Å². The number of hydrogen-bond donors (Lipinski definition) is 0. The van der Waals surface area contributed by atoms with Gasteiger partial charge in [-0.1, -0.05) is 0 Å². The van der Waals surface area contributed by atoms with Gasteiger partial charge in [-0.3, -0.25) is 0 Å². The predicted molar refractivity (Wildman–Crippen MR) is 31.8 cm³/mol. The normalized spacial score (nSPS) is 18.9. The van der Waals surface area contributed by atoms with Gasteiger partial charge >= 0.3 is 0 Å². The lowest BCUT2D eigenvalue weighted by atomic mass is 10.3. The van der Waals surface area contributed by atoms with Gasteiger partial charge in [-0.2, -0.15) is 0 Å². The zero-order valence-corrected chi connectivity index (χ0v) is 5.70. The summed E-state index contributed by atoms with van der Waals surface area (Å²) in [6.07, 6.45) is 0.168. The third-order valence-electron chi connectivity index (χ3n) is 1.02. The van der Waals surface area contributed by atoms with E-state index in [1.165, 1.54) is 0 Å². The summed E-state index contributed by atoms with van der Waals surface area (Å²) in [5, 5.41) is 0.116. The second kappa shape index (κ2) is 3.28. The van der Waals surface area contributed by atoms with Crippen LogP contribution in [0.4, 0.5) is 0 Å². The van der Waals surface area contributed by atoms with Crippen molar-refractivity contribution in [2.45, 2.75) is 25.3 Å². The molecule has 0 saturated heterocycles. The fourth-order valence-electron chi connectivity index (χ4n) is 0.188. The van der Waals surface area contributed by atoms with Crippen LogP contribution < -0.4 is 0 Å². The Labute approximate surface area is 49.6 Å². The summed E-state index contributed by atoms with van der Waals surface area (Å²) in [6, 6.07) is 0. The summed E-state index contributed by atoms with van der Waals surface area (Å²) in [5.41, 5.74) is 0. The molecule has 0 radical (unpaired) electrons. The third-order valence-corrected chi connectivity index (χ3v) is 1.37. The molecule has 0 fully saturated rings. The molecule has 0 saturated carbocycles. The summed E-state index contributed by atoms with van der Waals surface area (Å²) in [5.74, 6) is 0. The molecule has 1 nitrogen and oxygen atoms in total. The van der Waals surface area contributed by atoms with Crippen molar-refractivity contribution in [2.24, 2.45) is 0 Å². The Morgan fingerprint density at radius 3 is 1.86 bits per heavy atom. The highest BCUT2D eigenvalue weighted by Crippen LogP contribution is 2.02. The van der Waals surface area contributed by atoms with E-state index in [2.05, 4.69) is 0 Å². The quantitative estimate of drug-likeness (QED) is 0.506. The van der Waals surface area contributed by atoms with Gasteiger partial charge in [-0.15, -0.1) is 11.6 Å². The molecule has 0 aliphatic carbocycles. The van der Waals surface area contributed by atoms with Gasteiger partial charge in [0.15, 0.2) is 0 Å². The highest BCUT2D eigenvalue weighted by atomic mass is 35.5. The highest BCUT2D eigenvalue weighted by molar-refractivity contribution is 6.20. The lowest BCUT2D eigenvalue weighted by Crippen LogP contribution is -2.15. The molecule has 0 aliphatic rings. The van der Waals surface area contributed by atoms with Crippen LogP contribution in [0.5, 0.6) is 0 Å². The van der Waals surface area contributed by atoms with Gasteiger partial charge in [0.1, 0.15) is 0 Å². The number of rotatable bonds is 2. The Morgan fingerprint density at radius 1 is 1.43 bits per heavy atom. The van der Waals surface area contributed by atoms with Crippen molar-refractivity contribution in [1.29, 1.82) is 0 Å². The van der Waals surface area contributed by atoms with Gasteiger partial charge in [-0.25, -0.2) is 0 Å². The van der Waals surface area contributed by atoms with E-state index >= 15 is 0 Å². The van der Waals surface area contributed by atoms with Crippen LogP contribution in [-0.4, -0.2) is 18.6 Å². The highest BCUT2D eigenvalue weighted by Gasteiger charge is 2.04. The fourth-order valence-corrected chi connectivity index (χ4v) is 0.290. The Balaban J connectivity index is 3.14. The van der Waals surface area contributed by atoms with Crippen LogP contribution >= 0.6 is 11.6 Å². The number of halogens is 1. The van der Waals surface area contributed by atoms with E-state index in [4.69, 9.17) is 16.3 Å². The Hall–Kier alpha value is 0.250. The molecule has 2 atom stereocenters. The molecule has 0 N–H and O–H groups in total. The molecule has 7 heavy (non-hydrogen) atoms. The van der Waals surface area contributed by atoms with Gasteiger partial charge in [0, 0.05) is 7.11 Å². The van der Waals surface area contributed by atoms with Crippen LogP contribution in [0.15, 0.2) is 0 Å². The monoisotopic (exact) mass is 122 g/mol. The maximum atomic E-state index is 5.60. The van der Waals surface area contributed by atoms with Crippen molar-refractivity contribution >= 4 is 11.6 Å². The molecule has 44 valence electrons. The minimum atomic E-state index is 0.116. The van der Waals surface area contributed by atoms with E-state index in [0.29, 0.717) is 0 Å². The fraction of sp³-hybridized carbons (Fsp3) is 1.00. The van der Waals surface area contributed by atoms with E-state index in [0.717, 1.165) is 0 Å². The molecule has 0 aromatic carbocycles. The van der Waals surface area contributed by atoms with Crippen molar-refractivity contribution in [3.63, 3.8) is 0 Å². The first-order valence-electron chi connectivity index (χ1n) is 2.35. The molecule has 0 spiro atoms. The molecule has 0 amide bonds. The Bertz CT molecular complexity index is 45.3. The second-order valence-electron chi connectivity index (χ2n) is 1.62. The summed E-state index contributed by atoms with van der Waals surface area (Å²) < 4.78 is 4.88. The molecule has 0 aromatic heterocycles. The molecule has 0 bridgehead atoms. The maximum Gasteiger partial charge on any atom is 0.0703 e. The van der Waals surface area contributed by atoms with Crippen LogP contribution in [0, 0.1) is 0 Å². The molecule has 2 heteroatoms. The zero-order chi connectivity index (χ0) is 5.86. The van der Waals surface area contributed by atoms with E-state index in [-0.39, 0.29) is 11.5 Å². The molecule has 0 heterocycles. The van der Waals surface area contributed by atoms with Crippen molar-refractivity contribution in [1.82, 2.24) is 0 Å². The number of ether oxygens (including phenoxy) is 1. The molecule has 1 unspecified atom stereocenters. The average molecular weight is 123 g/mol. The summed E-state index contributed by atoms with van der Waals surface area (Å²) in [7, 11) is 1.66. The summed E-state index contributed by atoms with van der Waals surface area (Å²) >= 11 is 5.60. The number of alkyl halides is 1. The topological polar surface area (TPSA) is 9.23 Å². The average Bonchev–Trinajstić information content (AvgIpc) is 1.65. The van der Waals surface area contributed by atoms with Crippen molar-refractivity contribution in [2.75, 3.05) is 7.11 Å². The van der Waals surface area contributed by atoms with Crippen molar-refractivity contribution in [3.05, 3.63) is 0 Å². The van der Waals surface area contributed by atoms with E-state index in [9.17, 15) is 0 Å². The molecular formula is C5H11ClO. The van der Waals surface area contributed by atoms with Crippen LogP contribution in [0.3, 0.4) is 0 Å². The van der Waals surface area contributed by atoms with Crippen molar-refractivity contribution < 1.29 is 4.74 Å². The first-order chi connectivity index (χ1) is 3.18. The van der Waals surface area contributed by atoms with Crippen LogP contribution in [0.1, 0.15) is 13.8 Å². The molecule has 0 rings (SSSR count). The Kier molecular flexibility index (Phi) is 3.39. The lowest BCUT2D eigenvalue weighted by Gasteiger charge is -2.09. The van der Waals surface area contributed by atoms with Gasteiger partial charge < -0.3 is 4.74 Å². The summed E-state index contributed by atoms with van der Waals surface area (Å²) in [6.45, 7) is 3.85. The van der Waals surface area contributed by atoms with Gasteiger partial charge in [0.05, 0.1) is 11.5 Å². The van der Waals surface area contributed by atoms with Crippen molar-refractivity contribution in [3.8, 4) is 0 Å². The largest absolute Gasteiger partial charge is 0.380 e. The minimum Gasteiger partial charge on any atom is -0.380 e. The standard InChI is InChI=1S/C5H11ClO/c1-4(6)5(2)7-3/h4-5H,1-3H3/t4?,5-/m1/s1. The number of hydrogen-bond acceptors (Lipinski definition) is 1. The first-order valence-corrected chi connectivity index (χ1v) is 2.79. The van der Waals surface area contributed by atoms with E-state index in [1.54, 1.807) is 7.11 Å². The van der Waals surface area contributed by atoms with E-state index in [1.807, 2.05) is 13.8 Å². The first kappa shape index (κ1) is 7.25. The third kappa shape index (κ3) is 2.89. The molecular weight excluding hydrogens is 112 g/mol. The zero-order valence-electron chi connectivity index (χ0n) is 4.94. The van der Waals surface area contributed by atoms with Crippen LogP contribution in [0.25, 0.3) is 0 Å². The Morgan fingerprint density at radius 2 is 1.86 bits per heavy atom. The lowest BCUT2D eigenvalue weighted by molar-refractivity contribution is 0.118. The smallest absolute Gasteiger partial charge is 0.0703 e. The molecule has 0 aliphatic heterocycles. The molecule has 0 aromatic rings. The SMILES string of the molecule is CO[C@H](C)C(C)Cl. The van der Waals surface area contributed by atoms with Gasteiger partial charge in [0.25, 0.3) is 0 Å². The minimum absolute atomic E-state index is 0.116. The van der Waals surface area contributed by atoms with E-state index < -0.39 is 0 Å². The number of methoxy groups -OCH3 is 1. The maximum absolute atomic E-state index is 5.60. The predicted octanol–water partition coefficient (Wildman–Crippen LogP) is 1.65. The van der Waals surface area contributed by atoms with Crippen LogP contribution in [-0.2, 0) is 4.74 Å². The van der Waals surface area contributed by atoms with Crippen LogP contribution in [0.2, 0.25) is 0 Å². The summed E-state index contributed by atoms with van der Waals surface area (Å²) in [4.78, 5) is 0. The second-order valence-corrected chi connectivity index (χ2v) is 2.31.